The zero-order valence-corrected chi connectivity index (χ0v) is 13.9. The number of nitrogens with two attached hydrogens (primary N) is 1. The van der Waals surface area contributed by atoms with E-state index >= 15 is 0 Å². The van der Waals surface area contributed by atoms with E-state index in [1.54, 1.807) is 11.3 Å². The minimum atomic E-state index is 0.418. The summed E-state index contributed by atoms with van der Waals surface area (Å²) in [5, 5.41) is 3.34. The number of thiazole rings is 1. The van der Waals surface area contributed by atoms with Gasteiger partial charge in [-0.1, -0.05) is 13.8 Å². The van der Waals surface area contributed by atoms with Crippen LogP contribution in [0.3, 0.4) is 0 Å². The van der Waals surface area contributed by atoms with E-state index in [1.165, 1.54) is 21.0 Å². The molecule has 0 amide bonds. The first-order valence-electron chi connectivity index (χ1n) is 7.14. The first-order valence-corrected chi connectivity index (χ1v) is 8.84. The Hall–Kier alpha value is -0.910. The van der Waals surface area contributed by atoms with E-state index in [-0.39, 0.29) is 0 Å². The smallest absolute Gasteiger partial charge is 0.186 e. The molecule has 2 aromatic heterocycles. The van der Waals surface area contributed by atoms with Crippen LogP contribution in [0, 0.1) is 0 Å². The molecule has 2 aromatic rings. The van der Waals surface area contributed by atoms with Crippen LogP contribution in [-0.2, 0) is 13.0 Å². The average molecular weight is 307 g/mol. The SMILES string of the molecule is CC(C)c1nc(N2CCc3sccc3C2C)sc1CN. The molecule has 0 radical (unpaired) electrons. The molecule has 2 N–H and O–H groups in total. The molecule has 0 saturated heterocycles. The van der Waals surface area contributed by atoms with Crippen molar-refractivity contribution in [1.29, 1.82) is 0 Å². The molecule has 3 heterocycles. The van der Waals surface area contributed by atoms with Crippen molar-refractivity contribution < 1.29 is 0 Å². The van der Waals surface area contributed by atoms with Gasteiger partial charge in [-0.15, -0.1) is 22.7 Å². The molecule has 20 heavy (non-hydrogen) atoms. The van der Waals surface area contributed by atoms with E-state index in [1.807, 2.05) is 11.3 Å². The molecule has 0 aliphatic carbocycles. The zero-order chi connectivity index (χ0) is 14.3. The lowest BCUT2D eigenvalue weighted by molar-refractivity contribution is 0.629. The maximum Gasteiger partial charge on any atom is 0.186 e. The highest BCUT2D eigenvalue weighted by atomic mass is 32.1. The number of nitrogens with zero attached hydrogens (tertiary/aromatic N) is 2. The summed E-state index contributed by atoms with van der Waals surface area (Å²) in [5.41, 5.74) is 8.53. The summed E-state index contributed by atoms with van der Waals surface area (Å²) in [7, 11) is 0. The maximum atomic E-state index is 5.88. The van der Waals surface area contributed by atoms with Gasteiger partial charge in [0.25, 0.3) is 0 Å². The maximum absolute atomic E-state index is 5.88. The Balaban J connectivity index is 1.94. The van der Waals surface area contributed by atoms with E-state index in [2.05, 4.69) is 37.1 Å². The molecule has 108 valence electrons. The summed E-state index contributed by atoms with van der Waals surface area (Å²) in [6.45, 7) is 8.31. The molecule has 5 heteroatoms. The Kier molecular flexibility index (Phi) is 3.84. The Morgan fingerprint density at radius 1 is 1.50 bits per heavy atom. The van der Waals surface area contributed by atoms with Crippen LogP contribution in [0.2, 0.25) is 0 Å². The summed E-state index contributed by atoms with van der Waals surface area (Å²) in [5.74, 6) is 0.440. The third-order valence-corrected chi connectivity index (χ3v) is 6.10. The molecule has 1 aliphatic heterocycles. The fourth-order valence-corrected chi connectivity index (χ4v) is 5.00. The number of rotatable bonds is 3. The van der Waals surface area contributed by atoms with Gasteiger partial charge in [-0.05, 0) is 36.3 Å². The largest absolute Gasteiger partial charge is 0.341 e. The second kappa shape index (κ2) is 5.47. The quantitative estimate of drug-likeness (QED) is 0.935. The lowest BCUT2D eigenvalue weighted by atomic mass is 10.0. The van der Waals surface area contributed by atoms with Crippen molar-refractivity contribution in [2.24, 2.45) is 5.73 Å². The monoisotopic (exact) mass is 307 g/mol. The summed E-state index contributed by atoms with van der Waals surface area (Å²) >= 11 is 3.65. The Labute approximate surface area is 128 Å². The molecule has 0 bridgehead atoms. The molecule has 0 spiro atoms. The third-order valence-electron chi connectivity index (χ3n) is 3.97. The van der Waals surface area contributed by atoms with Crippen molar-refractivity contribution in [2.75, 3.05) is 11.4 Å². The van der Waals surface area contributed by atoms with Crippen molar-refractivity contribution in [3.05, 3.63) is 32.5 Å². The van der Waals surface area contributed by atoms with Gasteiger partial charge in [-0.3, -0.25) is 0 Å². The summed E-state index contributed by atoms with van der Waals surface area (Å²) < 4.78 is 0. The van der Waals surface area contributed by atoms with Crippen molar-refractivity contribution in [3.63, 3.8) is 0 Å². The minimum absolute atomic E-state index is 0.418. The van der Waals surface area contributed by atoms with Gasteiger partial charge in [-0.2, -0.15) is 0 Å². The predicted molar refractivity (Wildman–Crippen MR) is 87.9 cm³/mol. The van der Waals surface area contributed by atoms with Gasteiger partial charge >= 0.3 is 0 Å². The fourth-order valence-electron chi connectivity index (χ4n) is 2.84. The van der Waals surface area contributed by atoms with Gasteiger partial charge in [0.15, 0.2) is 5.13 Å². The molecule has 3 rings (SSSR count). The van der Waals surface area contributed by atoms with E-state index in [9.17, 15) is 0 Å². The van der Waals surface area contributed by atoms with E-state index in [0.717, 1.165) is 18.1 Å². The fraction of sp³-hybridized carbons (Fsp3) is 0.533. The number of anilines is 1. The lowest BCUT2D eigenvalue weighted by Gasteiger charge is -2.33. The topological polar surface area (TPSA) is 42.2 Å². The third kappa shape index (κ3) is 2.28. The highest BCUT2D eigenvalue weighted by Crippen LogP contribution is 2.39. The van der Waals surface area contributed by atoms with Crippen molar-refractivity contribution in [2.45, 2.75) is 45.7 Å². The van der Waals surface area contributed by atoms with Crippen molar-refractivity contribution >= 4 is 27.8 Å². The molecule has 1 atom stereocenters. The van der Waals surface area contributed by atoms with E-state index in [4.69, 9.17) is 10.7 Å². The standard InChI is InChI=1S/C15H21N3S2/c1-9(2)14-13(8-16)20-15(17-14)18-6-4-12-11(10(18)3)5-7-19-12/h5,7,9-10H,4,6,8,16H2,1-3H3. The van der Waals surface area contributed by atoms with Crippen LogP contribution in [0.1, 0.15) is 53.7 Å². The van der Waals surface area contributed by atoms with Crippen LogP contribution in [0.5, 0.6) is 0 Å². The molecule has 0 fully saturated rings. The predicted octanol–water partition coefficient (Wildman–Crippen LogP) is 3.91. The molecule has 1 aliphatic rings. The van der Waals surface area contributed by atoms with Crippen LogP contribution in [0.15, 0.2) is 11.4 Å². The molecular weight excluding hydrogens is 286 g/mol. The molecule has 3 nitrogen and oxygen atoms in total. The number of thiophene rings is 1. The number of hydrogen-bond donors (Lipinski definition) is 1. The lowest BCUT2D eigenvalue weighted by Crippen LogP contribution is -2.33. The van der Waals surface area contributed by atoms with Gasteiger partial charge in [-0.25, -0.2) is 4.98 Å². The first-order chi connectivity index (χ1) is 9.61. The molecule has 0 saturated carbocycles. The highest BCUT2D eigenvalue weighted by Gasteiger charge is 2.27. The summed E-state index contributed by atoms with van der Waals surface area (Å²) in [4.78, 5) is 10.1. The zero-order valence-electron chi connectivity index (χ0n) is 12.2. The Bertz CT molecular complexity index is 600. The second-order valence-corrected chi connectivity index (χ2v) is 7.64. The average Bonchev–Trinajstić information content (AvgIpc) is 3.05. The van der Waals surface area contributed by atoms with Crippen molar-refractivity contribution in [1.82, 2.24) is 4.98 Å². The summed E-state index contributed by atoms with van der Waals surface area (Å²) in [6, 6.07) is 2.68. The van der Waals surface area contributed by atoms with Crippen LogP contribution in [0.4, 0.5) is 5.13 Å². The Morgan fingerprint density at radius 2 is 2.30 bits per heavy atom. The van der Waals surface area contributed by atoms with Crippen molar-refractivity contribution in [3.8, 4) is 0 Å². The van der Waals surface area contributed by atoms with E-state index < -0.39 is 0 Å². The minimum Gasteiger partial charge on any atom is -0.341 e. The molecule has 0 aromatic carbocycles. The van der Waals surface area contributed by atoms with Crippen LogP contribution >= 0.6 is 22.7 Å². The van der Waals surface area contributed by atoms with Gasteiger partial charge in [0.05, 0.1) is 11.7 Å². The van der Waals surface area contributed by atoms with Crippen LogP contribution in [0.25, 0.3) is 0 Å². The normalized spacial score (nSPS) is 18.6. The van der Waals surface area contributed by atoms with Gasteiger partial charge in [0.2, 0.25) is 0 Å². The Morgan fingerprint density at radius 3 is 2.95 bits per heavy atom. The van der Waals surface area contributed by atoms with Crippen LogP contribution < -0.4 is 10.6 Å². The molecular formula is C15H21N3S2. The number of hydrogen-bond acceptors (Lipinski definition) is 5. The van der Waals surface area contributed by atoms with Gasteiger partial charge in [0, 0.05) is 22.8 Å². The van der Waals surface area contributed by atoms with E-state index in [0.29, 0.717) is 18.5 Å². The number of fused-ring (bicyclic) bond motifs is 1. The van der Waals surface area contributed by atoms with Crippen LogP contribution in [-0.4, -0.2) is 11.5 Å². The van der Waals surface area contributed by atoms with Gasteiger partial charge < -0.3 is 10.6 Å². The van der Waals surface area contributed by atoms with Gasteiger partial charge in [0.1, 0.15) is 0 Å². The molecule has 1 unspecified atom stereocenters. The second-order valence-electron chi connectivity index (χ2n) is 5.58. The first kappa shape index (κ1) is 14.0. The number of aromatic nitrogens is 1. The highest BCUT2D eigenvalue weighted by molar-refractivity contribution is 7.15. The summed E-state index contributed by atoms with van der Waals surface area (Å²) in [6.07, 6.45) is 1.13.